The van der Waals surface area contributed by atoms with Gasteiger partial charge in [-0.25, -0.2) is 19.6 Å². The number of rotatable bonds is 6. The molecule has 0 radical (unpaired) electrons. The molecule has 2 aromatic heterocycles. The maximum Gasteiger partial charge on any atom is 0.326 e. The number of nitrogens with zero attached hydrogens (tertiary/aromatic N) is 4. The van der Waals surface area contributed by atoms with Gasteiger partial charge in [0.1, 0.15) is 23.7 Å². The van der Waals surface area contributed by atoms with Crippen LogP contribution in [0.2, 0.25) is 0 Å². The number of aromatic nitrogens is 4. The van der Waals surface area contributed by atoms with E-state index < -0.39 is 24.0 Å². The minimum atomic E-state index is -1.07. The molecule has 4 aromatic carbocycles. The lowest BCUT2D eigenvalue weighted by Crippen LogP contribution is -2.39. The van der Waals surface area contributed by atoms with E-state index in [4.69, 9.17) is 0 Å². The molecular weight excluding hydrogens is 636 g/mol. The van der Waals surface area contributed by atoms with Crippen molar-refractivity contribution in [2.24, 2.45) is 0 Å². The quantitative estimate of drug-likeness (QED) is 0.196. The SMILES string of the molecule is C1CNCCN1.CC(C(=O)O)n1c(-c2ccccc2)nc2ccccc2c1=O.CC(C(=O)O)n1c(-c2ccccc2)nc2ccccc2c1=O. The molecule has 12 heteroatoms. The van der Waals surface area contributed by atoms with Crippen LogP contribution in [0, 0.1) is 0 Å². The third kappa shape index (κ3) is 8.00. The fourth-order valence-electron chi connectivity index (χ4n) is 5.42. The number of hydrogen-bond donors (Lipinski definition) is 4. The van der Waals surface area contributed by atoms with Gasteiger partial charge in [-0.2, -0.15) is 0 Å². The van der Waals surface area contributed by atoms with Crippen molar-refractivity contribution in [3.63, 3.8) is 0 Å². The monoisotopic (exact) mass is 674 g/mol. The van der Waals surface area contributed by atoms with Gasteiger partial charge in [0.25, 0.3) is 11.1 Å². The highest BCUT2D eigenvalue weighted by Crippen LogP contribution is 2.23. The molecule has 0 amide bonds. The fourth-order valence-corrected chi connectivity index (χ4v) is 5.42. The van der Waals surface area contributed by atoms with E-state index in [0.717, 1.165) is 26.2 Å². The number of benzene rings is 4. The number of carboxylic acids is 2. The average molecular weight is 675 g/mol. The highest BCUT2D eigenvalue weighted by atomic mass is 16.4. The summed E-state index contributed by atoms with van der Waals surface area (Å²) in [4.78, 5) is 57.2. The fraction of sp³-hybridized carbons (Fsp3) is 0.211. The van der Waals surface area contributed by atoms with E-state index in [1.54, 1.807) is 48.5 Å². The molecule has 4 N–H and O–H groups in total. The van der Waals surface area contributed by atoms with E-state index in [2.05, 4.69) is 20.6 Å². The first-order valence-corrected chi connectivity index (χ1v) is 16.2. The van der Waals surface area contributed by atoms with Crippen molar-refractivity contribution in [1.82, 2.24) is 29.7 Å². The van der Waals surface area contributed by atoms with Crippen LogP contribution in [0.1, 0.15) is 25.9 Å². The summed E-state index contributed by atoms with van der Waals surface area (Å²) < 4.78 is 2.47. The van der Waals surface area contributed by atoms with Crippen LogP contribution in [-0.4, -0.2) is 67.4 Å². The van der Waals surface area contributed by atoms with Crippen molar-refractivity contribution in [2.75, 3.05) is 26.2 Å². The molecule has 3 heterocycles. The number of hydrogen-bond acceptors (Lipinski definition) is 8. The molecule has 0 bridgehead atoms. The lowest BCUT2D eigenvalue weighted by atomic mass is 10.1. The van der Waals surface area contributed by atoms with Crippen molar-refractivity contribution in [3.8, 4) is 22.8 Å². The molecule has 1 aliphatic heterocycles. The first-order chi connectivity index (χ1) is 24.2. The number of carboxylic acid groups (broad SMARTS) is 2. The second kappa shape index (κ2) is 16.4. The zero-order valence-corrected chi connectivity index (χ0v) is 27.7. The Kier molecular flexibility index (Phi) is 11.6. The Morgan fingerprint density at radius 1 is 0.560 bits per heavy atom. The van der Waals surface area contributed by atoms with E-state index in [-0.39, 0.29) is 11.1 Å². The summed E-state index contributed by atoms with van der Waals surface area (Å²) in [5, 5.41) is 25.9. The zero-order valence-electron chi connectivity index (χ0n) is 27.7. The zero-order chi connectivity index (χ0) is 35.6. The highest BCUT2D eigenvalue weighted by molar-refractivity contribution is 5.82. The molecule has 0 saturated carbocycles. The molecule has 1 saturated heterocycles. The van der Waals surface area contributed by atoms with Crippen LogP contribution >= 0.6 is 0 Å². The number of aliphatic carboxylic acids is 2. The number of para-hydroxylation sites is 2. The summed E-state index contributed by atoms with van der Waals surface area (Å²) >= 11 is 0. The Bertz CT molecular complexity index is 2050. The van der Waals surface area contributed by atoms with Gasteiger partial charge in [0.05, 0.1) is 21.8 Å². The Labute approximate surface area is 287 Å². The van der Waals surface area contributed by atoms with Gasteiger partial charge < -0.3 is 20.8 Å². The molecule has 0 spiro atoms. The van der Waals surface area contributed by atoms with Gasteiger partial charge >= 0.3 is 11.9 Å². The third-order valence-corrected chi connectivity index (χ3v) is 8.13. The van der Waals surface area contributed by atoms with Crippen molar-refractivity contribution in [2.45, 2.75) is 25.9 Å². The first-order valence-electron chi connectivity index (χ1n) is 16.2. The van der Waals surface area contributed by atoms with Crippen LogP contribution in [0.15, 0.2) is 119 Å². The number of nitrogens with one attached hydrogen (secondary N) is 2. The van der Waals surface area contributed by atoms with Crippen LogP contribution < -0.4 is 21.8 Å². The minimum absolute atomic E-state index is 0.348. The second-order valence-corrected chi connectivity index (χ2v) is 11.5. The molecule has 12 nitrogen and oxygen atoms in total. The maximum atomic E-state index is 12.7. The van der Waals surface area contributed by atoms with Crippen LogP contribution in [0.25, 0.3) is 44.6 Å². The van der Waals surface area contributed by atoms with Gasteiger partial charge in [-0.15, -0.1) is 0 Å². The van der Waals surface area contributed by atoms with Crippen molar-refractivity contribution < 1.29 is 19.8 Å². The third-order valence-electron chi connectivity index (χ3n) is 8.13. The molecule has 6 aromatic rings. The van der Waals surface area contributed by atoms with Crippen LogP contribution in [0.5, 0.6) is 0 Å². The minimum Gasteiger partial charge on any atom is -0.480 e. The van der Waals surface area contributed by atoms with E-state index in [1.165, 1.54) is 23.0 Å². The van der Waals surface area contributed by atoms with Gasteiger partial charge in [0, 0.05) is 37.3 Å². The largest absolute Gasteiger partial charge is 0.480 e. The van der Waals surface area contributed by atoms with Gasteiger partial charge in [-0.1, -0.05) is 84.9 Å². The smallest absolute Gasteiger partial charge is 0.326 e. The number of fused-ring (bicyclic) bond motifs is 2. The van der Waals surface area contributed by atoms with Crippen LogP contribution in [-0.2, 0) is 9.59 Å². The van der Waals surface area contributed by atoms with Crippen molar-refractivity contribution in [3.05, 3.63) is 130 Å². The lowest BCUT2D eigenvalue weighted by Gasteiger charge is -2.17. The molecule has 1 fully saturated rings. The summed E-state index contributed by atoms with van der Waals surface area (Å²) in [6.45, 7) is 7.51. The van der Waals surface area contributed by atoms with Crippen molar-refractivity contribution >= 4 is 33.7 Å². The van der Waals surface area contributed by atoms with Crippen molar-refractivity contribution in [1.29, 1.82) is 0 Å². The summed E-state index contributed by atoms with van der Waals surface area (Å²) in [7, 11) is 0. The molecule has 256 valence electrons. The predicted molar refractivity (Wildman–Crippen MR) is 193 cm³/mol. The van der Waals surface area contributed by atoms with E-state index in [1.807, 2.05) is 60.7 Å². The Balaban J connectivity index is 0.000000167. The van der Waals surface area contributed by atoms with E-state index in [9.17, 15) is 29.4 Å². The number of piperazine rings is 1. The molecule has 2 atom stereocenters. The van der Waals surface area contributed by atoms with Crippen LogP contribution in [0.3, 0.4) is 0 Å². The maximum absolute atomic E-state index is 12.7. The molecule has 2 unspecified atom stereocenters. The summed E-state index contributed by atoms with van der Waals surface area (Å²) in [5.41, 5.74) is 1.83. The molecule has 0 aliphatic carbocycles. The van der Waals surface area contributed by atoms with Gasteiger partial charge in [0.2, 0.25) is 0 Å². The molecular formula is C38H38N6O6. The number of carbonyl (C=O) groups is 2. The Morgan fingerprint density at radius 3 is 1.20 bits per heavy atom. The highest BCUT2D eigenvalue weighted by Gasteiger charge is 2.23. The first kappa shape index (κ1) is 35.3. The predicted octanol–water partition coefficient (Wildman–Crippen LogP) is 4.60. The second-order valence-electron chi connectivity index (χ2n) is 11.5. The lowest BCUT2D eigenvalue weighted by molar-refractivity contribution is -0.141. The summed E-state index contributed by atoms with van der Waals surface area (Å²) in [6.07, 6.45) is 0. The molecule has 1 aliphatic rings. The van der Waals surface area contributed by atoms with Crippen LogP contribution in [0.4, 0.5) is 0 Å². The standard InChI is InChI=1S/2C17H14N2O3.C4H10N2/c2*1-11(17(21)22)19-15(12-7-3-2-4-8-12)18-14-10-6-5-9-13(14)16(19)20;1-2-6-4-3-5-1/h2*2-11H,1H3,(H,21,22);5-6H,1-4H2. The topological polar surface area (TPSA) is 168 Å². The van der Waals surface area contributed by atoms with Gasteiger partial charge in [-0.05, 0) is 38.1 Å². The normalized spacial score (nSPS) is 13.6. The van der Waals surface area contributed by atoms with E-state index in [0.29, 0.717) is 44.6 Å². The van der Waals surface area contributed by atoms with Gasteiger partial charge in [0.15, 0.2) is 0 Å². The average Bonchev–Trinajstić information content (AvgIpc) is 3.16. The van der Waals surface area contributed by atoms with E-state index >= 15 is 0 Å². The summed E-state index contributed by atoms with van der Waals surface area (Å²) in [6, 6.07) is 30.1. The van der Waals surface area contributed by atoms with Gasteiger partial charge in [-0.3, -0.25) is 18.7 Å². The molecule has 7 rings (SSSR count). The molecule has 50 heavy (non-hydrogen) atoms. The Hall–Kier alpha value is -5.98. The Morgan fingerprint density at radius 2 is 0.880 bits per heavy atom. The summed E-state index contributed by atoms with van der Waals surface area (Å²) in [5.74, 6) is -1.42.